The van der Waals surface area contributed by atoms with Crippen LogP contribution in [0.4, 0.5) is 5.69 Å². The van der Waals surface area contributed by atoms with E-state index in [1.165, 1.54) is 7.11 Å². The minimum absolute atomic E-state index is 0.220. The second-order valence-corrected chi connectivity index (χ2v) is 8.31. The van der Waals surface area contributed by atoms with Crippen molar-refractivity contribution in [1.29, 1.82) is 0 Å². The van der Waals surface area contributed by atoms with Crippen LogP contribution in [0.3, 0.4) is 0 Å². The number of ether oxygens (including phenoxy) is 1. The van der Waals surface area contributed by atoms with E-state index in [-0.39, 0.29) is 5.69 Å². The topological polar surface area (TPSA) is 88.6 Å². The second kappa shape index (κ2) is 8.16. The highest BCUT2D eigenvalue weighted by Gasteiger charge is 2.66. The molecule has 2 aromatic carbocycles. The van der Waals surface area contributed by atoms with Crippen LogP contribution in [-0.2, 0) is 26.3 Å². The minimum Gasteiger partial charge on any atom is -0.469 e. The summed E-state index contributed by atoms with van der Waals surface area (Å²) in [6.07, 6.45) is 2.33. The fraction of sp³-hybridized carbons (Fsp3) is 0.231. The van der Waals surface area contributed by atoms with E-state index in [1.54, 1.807) is 41.4 Å². The first kappa shape index (κ1) is 20.9. The molecular weight excluding hydrogens is 418 g/mol. The van der Waals surface area contributed by atoms with Gasteiger partial charge in [0.05, 0.1) is 13.0 Å². The fourth-order valence-corrected chi connectivity index (χ4v) is 5.26. The third-order valence-corrected chi connectivity index (χ3v) is 6.59. The molecule has 1 fully saturated rings. The van der Waals surface area contributed by atoms with Crippen molar-refractivity contribution in [2.75, 3.05) is 12.4 Å². The van der Waals surface area contributed by atoms with Gasteiger partial charge in [0.15, 0.2) is 5.54 Å². The van der Waals surface area contributed by atoms with Gasteiger partial charge in [0.2, 0.25) is 0 Å². The molecule has 3 aromatic rings. The molecule has 0 saturated carbocycles. The summed E-state index contributed by atoms with van der Waals surface area (Å²) < 4.78 is 5.14. The van der Waals surface area contributed by atoms with Gasteiger partial charge in [0, 0.05) is 23.5 Å². The zero-order valence-corrected chi connectivity index (χ0v) is 18.1. The summed E-state index contributed by atoms with van der Waals surface area (Å²) in [5.74, 6) is -2.17. The first-order valence-corrected chi connectivity index (χ1v) is 10.8. The zero-order valence-electron chi connectivity index (χ0n) is 18.1. The van der Waals surface area contributed by atoms with Crippen molar-refractivity contribution < 1.29 is 19.1 Å². The SMILES string of the molecule is COC(=O)[C@@H]1C[C@H](Cc2ccccc2)N(C(=O)c2ccccn2)[C@@]12C(=O)Nc1ccccc12. The molecule has 3 heterocycles. The Kier molecular flexibility index (Phi) is 5.17. The van der Waals surface area contributed by atoms with Gasteiger partial charge in [-0.05, 0) is 36.6 Å². The van der Waals surface area contributed by atoms with Crippen LogP contribution in [0.15, 0.2) is 79.0 Å². The lowest BCUT2D eigenvalue weighted by Crippen LogP contribution is -2.56. The van der Waals surface area contributed by atoms with Crippen LogP contribution in [0.25, 0.3) is 0 Å². The molecule has 1 N–H and O–H groups in total. The molecule has 0 aliphatic carbocycles. The Morgan fingerprint density at radius 1 is 1.06 bits per heavy atom. The van der Waals surface area contributed by atoms with Crippen LogP contribution < -0.4 is 5.32 Å². The highest BCUT2D eigenvalue weighted by Crippen LogP contribution is 2.54. The minimum atomic E-state index is -1.52. The van der Waals surface area contributed by atoms with Crippen LogP contribution in [0.5, 0.6) is 0 Å². The normalized spacial score (nSPS) is 23.3. The number of nitrogens with one attached hydrogen (secondary N) is 1. The van der Waals surface area contributed by atoms with Crippen molar-refractivity contribution in [3.05, 3.63) is 95.8 Å². The second-order valence-electron chi connectivity index (χ2n) is 8.31. The molecule has 0 radical (unpaired) electrons. The summed E-state index contributed by atoms with van der Waals surface area (Å²) in [5.41, 5.74) is 0.907. The van der Waals surface area contributed by atoms with Gasteiger partial charge in [-0.3, -0.25) is 19.4 Å². The van der Waals surface area contributed by atoms with E-state index in [4.69, 9.17) is 4.74 Å². The molecule has 1 aromatic heterocycles. The van der Waals surface area contributed by atoms with Gasteiger partial charge >= 0.3 is 5.97 Å². The molecule has 5 rings (SSSR count). The van der Waals surface area contributed by atoms with Crippen LogP contribution in [-0.4, -0.2) is 40.8 Å². The van der Waals surface area contributed by atoms with E-state index in [0.29, 0.717) is 24.1 Å². The van der Waals surface area contributed by atoms with Crippen molar-refractivity contribution in [3.8, 4) is 0 Å². The Hall–Kier alpha value is -4.00. The number of hydrogen-bond donors (Lipinski definition) is 1. The zero-order chi connectivity index (χ0) is 23.0. The number of anilines is 1. The van der Waals surface area contributed by atoms with Crippen LogP contribution in [0, 0.1) is 5.92 Å². The van der Waals surface area contributed by atoms with E-state index < -0.39 is 35.3 Å². The van der Waals surface area contributed by atoms with Crippen LogP contribution >= 0.6 is 0 Å². The standard InChI is InChI=1S/C26H23N3O4/c1-33-24(31)20-16-18(15-17-9-3-2-4-10-17)29(23(30)22-13-7-8-14-27-22)26(20)19-11-5-6-12-21(19)28-25(26)32/h2-14,18,20H,15-16H2,1H3,(H,28,32)/t18-,20-,26+/m0/s1. The van der Waals surface area contributed by atoms with E-state index in [0.717, 1.165) is 5.56 Å². The first-order valence-electron chi connectivity index (χ1n) is 10.8. The van der Waals surface area contributed by atoms with Crippen LogP contribution in [0.2, 0.25) is 0 Å². The van der Waals surface area contributed by atoms with Gasteiger partial charge in [-0.1, -0.05) is 54.6 Å². The summed E-state index contributed by atoms with van der Waals surface area (Å²) in [4.78, 5) is 46.6. The molecule has 7 heteroatoms. The predicted molar refractivity (Wildman–Crippen MR) is 121 cm³/mol. The highest BCUT2D eigenvalue weighted by molar-refractivity contribution is 6.12. The highest BCUT2D eigenvalue weighted by atomic mass is 16.5. The summed E-state index contributed by atoms with van der Waals surface area (Å²) in [7, 11) is 1.31. The lowest BCUT2D eigenvalue weighted by atomic mass is 9.79. The molecular formula is C26H23N3O4. The van der Waals surface area contributed by atoms with E-state index in [2.05, 4.69) is 10.3 Å². The number of carbonyl (C=O) groups excluding carboxylic acids is 3. The number of hydrogen-bond acceptors (Lipinski definition) is 5. The summed E-state index contributed by atoms with van der Waals surface area (Å²) in [5, 5.41) is 2.90. The number of likely N-dealkylation sites (tertiary alicyclic amines) is 1. The quantitative estimate of drug-likeness (QED) is 0.629. The Morgan fingerprint density at radius 2 is 1.79 bits per heavy atom. The lowest BCUT2D eigenvalue weighted by Gasteiger charge is -2.38. The third-order valence-electron chi connectivity index (χ3n) is 6.59. The number of amides is 2. The molecule has 2 aliphatic rings. The van der Waals surface area contributed by atoms with Crippen molar-refractivity contribution >= 4 is 23.5 Å². The van der Waals surface area contributed by atoms with E-state index in [9.17, 15) is 14.4 Å². The number of benzene rings is 2. The maximum atomic E-state index is 14.0. The Bertz CT molecular complexity index is 1210. The van der Waals surface area contributed by atoms with E-state index >= 15 is 0 Å². The number of aromatic nitrogens is 1. The molecule has 0 unspecified atom stereocenters. The fourth-order valence-electron chi connectivity index (χ4n) is 5.26. The average molecular weight is 441 g/mol. The smallest absolute Gasteiger partial charge is 0.312 e. The largest absolute Gasteiger partial charge is 0.469 e. The Labute approximate surface area is 191 Å². The number of carbonyl (C=O) groups is 3. The number of methoxy groups -OCH3 is 1. The van der Waals surface area contributed by atoms with Gasteiger partial charge in [0.25, 0.3) is 11.8 Å². The van der Waals surface area contributed by atoms with Crippen molar-refractivity contribution in [2.24, 2.45) is 5.92 Å². The Balaban J connectivity index is 1.72. The number of para-hydroxylation sites is 1. The Morgan fingerprint density at radius 3 is 2.52 bits per heavy atom. The molecule has 1 saturated heterocycles. The van der Waals surface area contributed by atoms with Gasteiger partial charge in [0.1, 0.15) is 5.69 Å². The number of esters is 1. The van der Waals surface area contributed by atoms with Crippen molar-refractivity contribution in [1.82, 2.24) is 9.88 Å². The number of pyridine rings is 1. The van der Waals surface area contributed by atoms with Crippen LogP contribution in [0.1, 0.15) is 28.0 Å². The van der Waals surface area contributed by atoms with Gasteiger partial charge < -0.3 is 15.0 Å². The van der Waals surface area contributed by atoms with Crippen molar-refractivity contribution in [3.63, 3.8) is 0 Å². The van der Waals surface area contributed by atoms with E-state index in [1.807, 2.05) is 42.5 Å². The molecule has 33 heavy (non-hydrogen) atoms. The summed E-state index contributed by atoms with van der Waals surface area (Å²) in [6, 6.07) is 21.6. The third kappa shape index (κ3) is 3.19. The molecule has 0 bridgehead atoms. The maximum Gasteiger partial charge on any atom is 0.312 e. The molecule has 166 valence electrons. The average Bonchev–Trinajstić information content (AvgIpc) is 3.34. The predicted octanol–water partition coefficient (Wildman–Crippen LogP) is 3.18. The molecule has 1 spiro atoms. The summed E-state index contributed by atoms with van der Waals surface area (Å²) in [6.45, 7) is 0. The van der Waals surface area contributed by atoms with Gasteiger partial charge in [-0.25, -0.2) is 0 Å². The lowest BCUT2D eigenvalue weighted by molar-refractivity contribution is -0.151. The number of fused-ring (bicyclic) bond motifs is 2. The molecule has 7 nitrogen and oxygen atoms in total. The van der Waals surface area contributed by atoms with Crippen molar-refractivity contribution in [2.45, 2.75) is 24.4 Å². The number of nitrogens with zero attached hydrogens (tertiary/aromatic N) is 2. The molecule has 3 atom stereocenters. The van der Waals surface area contributed by atoms with Gasteiger partial charge in [-0.2, -0.15) is 0 Å². The number of rotatable bonds is 4. The molecule has 2 aliphatic heterocycles. The summed E-state index contributed by atoms with van der Waals surface area (Å²) >= 11 is 0. The molecule has 2 amide bonds. The monoisotopic (exact) mass is 441 g/mol. The maximum absolute atomic E-state index is 14.0. The first-order chi connectivity index (χ1) is 16.1. The van der Waals surface area contributed by atoms with Gasteiger partial charge in [-0.15, -0.1) is 0 Å².